The topological polar surface area (TPSA) is 42.0 Å². The van der Waals surface area contributed by atoms with Crippen LogP contribution < -0.4 is 0 Å². The molecule has 5 nitrogen and oxygen atoms in total. The van der Waals surface area contributed by atoms with Gasteiger partial charge in [-0.15, -0.1) is 11.3 Å². The molecule has 0 aliphatic carbocycles. The SMILES string of the molecule is CC1CN(C(=O)CN(Cc2cccs2)CC2CCCO2)CC(C)O1. The second-order valence-corrected chi connectivity index (χ2v) is 7.97. The van der Waals surface area contributed by atoms with Crippen LogP contribution in [0.15, 0.2) is 17.5 Å². The molecule has 3 unspecified atom stereocenters. The third-order valence-electron chi connectivity index (χ3n) is 4.58. The van der Waals surface area contributed by atoms with E-state index in [1.165, 1.54) is 4.88 Å². The minimum Gasteiger partial charge on any atom is -0.377 e. The van der Waals surface area contributed by atoms with Gasteiger partial charge in [-0.3, -0.25) is 9.69 Å². The van der Waals surface area contributed by atoms with Gasteiger partial charge in [-0.1, -0.05) is 6.07 Å². The van der Waals surface area contributed by atoms with E-state index in [4.69, 9.17) is 9.47 Å². The normalized spacial score (nSPS) is 27.8. The van der Waals surface area contributed by atoms with Crippen LogP contribution >= 0.6 is 11.3 Å². The summed E-state index contributed by atoms with van der Waals surface area (Å²) in [7, 11) is 0. The van der Waals surface area contributed by atoms with Gasteiger partial charge < -0.3 is 14.4 Å². The van der Waals surface area contributed by atoms with E-state index in [2.05, 4.69) is 22.4 Å². The molecule has 0 spiro atoms. The molecule has 0 N–H and O–H groups in total. The Labute approximate surface area is 148 Å². The van der Waals surface area contributed by atoms with E-state index in [1.807, 2.05) is 18.7 Å². The number of nitrogens with zero attached hydrogens (tertiary/aromatic N) is 2. The van der Waals surface area contributed by atoms with E-state index < -0.39 is 0 Å². The van der Waals surface area contributed by atoms with Crippen LogP contribution in [0.5, 0.6) is 0 Å². The van der Waals surface area contributed by atoms with Crippen LogP contribution in [0.4, 0.5) is 0 Å². The predicted octanol–water partition coefficient (Wildman–Crippen LogP) is 2.36. The lowest BCUT2D eigenvalue weighted by Crippen LogP contribution is -2.51. The monoisotopic (exact) mass is 352 g/mol. The first-order valence-corrected chi connectivity index (χ1v) is 9.77. The summed E-state index contributed by atoms with van der Waals surface area (Å²) in [5, 5.41) is 2.09. The van der Waals surface area contributed by atoms with Gasteiger partial charge in [-0.2, -0.15) is 0 Å². The largest absolute Gasteiger partial charge is 0.377 e. The lowest BCUT2D eigenvalue weighted by molar-refractivity contribution is -0.144. The second-order valence-electron chi connectivity index (χ2n) is 6.94. The fourth-order valence-electron chi connectivity index (χ4n) is 3.56. The summed E-state index contributed by atoms with van der Waals surface area (Å²) in [6, 6.07) is 4.20. The Kier molecular flexibility index (Phi) is 6.27. The van der Waals surface area contributed by atoms with Crippen molar-refractivity contribution in [2.45, 2.75) is 51.5 Å². The van der Waals surface area contributed by atoms with Gasteiger partial charge >= 0.3 is 0 Å². The van der Waals surface area contributed by atoms with Crippen molar-refractivity contribution in [1.82, 2.24) is 9.80 Å². The van der Waals surface area contributed by atoms with E-state index in [1.54, 1.807) is 11.3 Å². The van der Waals surface area contributed by atoms with Gasteiger partial charge in [0, 0.05) is 37.7 Å². The van der Waals surface area contributed by atoms with Crippen molar-refractivity contribution in [3.63, 3.8) is 0 Å². The maximum absolute atomic E-state index is 12.8. The average molecular weight is 353 g/mol. The Morgan fingerprint density at radius 3 is 2.79 bits per heavy atom. The summed E-state index contributed by atoms with van der Waals surface area (Å²) in [5.74, 6) is 0.201. The highest BCUT2D eigenvalue weighted by Gasteiger charge is 2.28. The van der Waals surface area contributed by atoms with Crippen LogP contribution in [0.2, 0.25) is 0 Å². The van der Waals surface area contributed by atoms with Crippen LogP contribution in [-0.2, 0) is 20.8 Å². The third-order valence-corrected chi connectivity index (χ3v) is 5.44. The second kappa shape index (κ2) is 8.43. The molecule has 6 heteroatoms. The molecule has 0 saturated carbocycles. The number of thiophene rings is 1. The number of hydrogen-bond acceptors (Lipinski definition) is 5. The average Bonchev–Trinajstić information content (AvgIpc) is 3.20. The fourth-order valence-corrected chi connectivity index (χ4v) is 4.30. The number of carbonyl (C=O) groups excluding carboxylic acids is 1. The Morgan fingerprint density at radius 2 is 2.17 bits per heavy atom. The molecule has 2 aliphatic rings. The van der Waals surface area contributed by atoms with Gasteiger partial charge in [0.15, 0.2) is 0 Å². The molecule has 1 aromatic rings. The maximum atomic E-state index is 12.8. The molecule has 2 saturated heterocycles. The quantitative estimate of drug-likeness (QED) is 0.788. The summed E-state index contributed by atoms with van der Waals surface area (Å²) >= 11 is 1.75. The highest BCUT2D eigenvalue weighted by molar-refractivity contribution is 7.09. The van der Waals surface area contributed by atoms with Crippen molar-refractivity contribution in [2.75, 3.05) is 32.8 Å². The maximum Gasteiger partial charge on any atom is 0.236 e. The molecular formula is C18H28N2O3S. The Hall–Kier alpha value is -0.950. The molecule has 24 heavy (non-hydrogen) atoms. The molecular weight excluding hydrogens is 324 g/mol. The zero-order valence-corrected chi connectivity index (χ0v) is 15.5. The minimum absolute atomic E-state index is 0.113. The van der Waals surface area contributed by atoms with Crippen molar-refractivity contribution in [3.05, 3.63) is 22.4 Å². The highest BCUT2D eigenvalue weighted by atomic mass is 32.1. The van der Waals surface area contributed by atoms with Crippen molar-refractivity contribution >= 4 is 17.2 Å². The van der Waals surface area contributed by atoms with Gasteiger partial charge in [0.1, 0.15) is 0 Å². The van der Waals surface area contributed by atoms with Crippen LogP contribution in [0.25, 0.3) is 0 Å². The minimum atomic E-state index is 0.113. The first-order valence-electron chi connectivity index (χ1n) is 8.89. The van der Waals surface area contributed by atoms with Crippen LogP contribution in [-0.4, -0.2) is 66.8 Å². The van der Waals surface area contributed by atoms with E-state index in [-0.39, 0.29) is 24.2 Å². The number of rotatable bonds is 6. The molecule has 1 amide bonds. The lowest BCUT2D eigenvalue weighted by Gasteiger charge is -2.36. The van der Waals surface area contributed by atoms with Gasteiger partial charge in [-0.25, -0.2) is 0 Å². The van der Waals surface area contributed by atoms with Crippen LogP contribution in [0.1, 0.15) is 31.6 Å². The zero-order valence-electron chi connectivity index (χ0n) is 14.6. The first kappa shape index (κ1) is 17.9. The van der Waals surface area contributed by atoms with E-state index in [0.717, 1.165) is 32.5 Å². The number of morpholine rings is 1. The Bertz CT molecular complexity index is 506. The third kappa shape index (κ3) is 5.02. The first-order chi connectivity index (χ1) is 11.6. The number of hydrogen-bond donors (Lipinski definition) is 0. The van der Waals surface area contributed by atoms with E-state index in [0.29, 0.717) is 19.6 Å². The standard InChI is InChI=1S/C18H28N2O3S/c1-14-9-20(10-15(2)23-14)18(21)13-19(11-16-5-3-7-22-16)12-17-6-4-8-24-17/h4,6,8,14-16H,3,5,7,9-13H2,1-2H3. The molecule has 3 heterocycles. The van der Waals surface area contributed by atoms with Crippen molar-refractivity contribution < 1.29 is 14.3 Å². The van der Waals surface area contributed by atoms with Gasteiger partial charge in [0.2, 0.25) is 5.91 Å². The molecule has 0 bridgehead atoms. The van der Waals surface area contributed by atoms with E-state index >= 15 is 0 Å². The predicted molar refractivity (Wildman–Crippen MR) is 95.2 cm³/mol. The molecule has 2 aliphatic heterocycles. The van der Waals surface area contributed by atoms with Crippen molar-refractivity contribution in [2.24, 2.45) is 0 Å². The molecule has 1 aromatic heterocycles. The molecule has 2 fully saturated rings. The molecule has 0 aromatic carbocycles. The van der Waals surface area contributed by atoms with Gasteiger partial charge in [0.25, 0.3) is 0 Å². The smallest absolute Gasteiger partial charge is 0.236 e. The fraction of sp³-hybridized carbons (Fsp3) is 0.722. The summed E-state index contributed by atoms with van der Waals surface area (Å²) in [6.07, 6.45) is 2.72. The Morgan fingerprint density at radius 1 is 1.38 bits per heavy atom. The zero-order chi connectivity index (χ0) is 16.9. The summed E-state index contributed by atoms with van der Waals surface area (Å²) in [5.41, 5.74) is 0. The molecule has 3 rings (SSSR count). The number of amides is 1. The summed E-state index contributed by atoms with van der Waals surface area (Å²) in [4.78, 5) is 18.3. The highest BCUT2D eigenvalue weighted by Crippen LogP contribution is 2.18. The lowest BCUT2D eigenvalue weighted by atomic mass is 10.2. The van der Waals surface area contributed by atoms with Crippen molar-refractivity contribution in [1.29, 1.82) is 0 Å². The van der Waals surface area contributed by atoms with Gasteiger partial charge in [-0.05, 0) is 38.1 Å². The summed E-state index contributed by atoms with van der Waals surface area (Å²) in [6.45, 7) is 8.41. The van der Waals surface area contributed by atoms with Crippen LogP contribution in [0.3, 0.4) is 0 Å². The van der Waals surface area contributed by atoms with Crippen LogP contribution in [0, 0.1) is 0 Å². The van der Waals surface area contributed by atoms with Gasteiger partial charge in [0.05, 0.1) is 24.9 Å². The molecule has 134 valence electrons. The summed E-state index contributed by atoms with van der Waals surface area (Å²) < 4.78 is 11.5. The van der Waals surface area contributed by atoms with E-state index in [9.17, 15) is 4.79 Å². The molecule has 0 radical (unpaired) electrons. The Balaban J connectivity index is 1.60. The number of ether oxygens (including phenoxy) is 2. The number of carbonyl (C=O) groups is 1. The van der Waals surface area contributed by atoms with Crippen molar-refractivity contribution in [3.8, 4) is 0 Å². The molecule has 3 atom stereocenters.